The standard InChI is InChI=1S/C22H30NO4P/c1-23(2)18-11-15-21(16-12-18)28(25,27-20-7-5-4-6-8-20)22(24)17-9-13-19(26-3)14-10-17/h9-16,20,22,24H,4-8H2,1-3H3/t22-,28+/m1/s1. The van der Waals surface area contributed by atoms with Gasteiger partial charge in [-0.25, -0.2) is 0 Å². The first-order valence-electron chi connectivity index (χ1n) is 9.82. The minimum Gasteiger partial charge on any atom is -0.497 e. The van der Waals surface area contributed by atoms with E-state index in [-0.39, 0.29) is 6.10 Å². The van der Waals surface area contributed by atoms with Crippen LogP contribution in [0, 0.1) is 0 Å². The van der Waals surface area contributed by atoms with Gasteiger partial charge < -0.3 is 19.3 Å². The van der Waals surface area contributed by atoms with Crippen molar-refractivity contribution in [3.63, 3.8) is 0 Å². The van der Waals surface area contributed by atoms with Crippen molar-refractivity contribution in [2.75, 3.05) is 26.1 Å². The highest BCUT2D eigenvalue weighted by Crippen LogP contribution is 2.59. The van der Waals surface area contributed by atoms with Crippen LogP contribution in [0.4, 0.5) is 5.69 Å². The van der Waals surface area contributed by atoms with Gasteiger partial charge in [0.15, 0.2) is 5.85 Å². The van der Waals surface area contributed by atoms with Crippen molar-refractivity contribution in [3.05, 3.63) is 54.1 Å². The van der Waals surface area contributed by atoms with Gasteiger partial charge in [-0.15, -0.1) is 0 Å². The summed E-state index contributed by atoms with van der Waals surface area (Å²) in [5.41, 5.74) is 1.57. The number of anilines is 1. The molecule has 1 saturated carbocycles. The van der Waals surface area contributed by atoms with Crippen molar-refractivity contribution in [2.45, 2.75) is 44.1 Å². The third kappa shape index (κ3) is 4.60. The molecule has 2 aromatic rings. The number of rotatable bonds is 7. The molecule has 0 radical (unpaired) electrons. The van der Waals surface area contributed by atoms with Crippen molar-refractivity contribution >= 4 is 18.4 Å². The van der Waals surface area contributed by atoms with Crippen LogP contribution in [0.15, 0.2) is 48.5 Å². The van der Waals surface area contributed by atoms with E-state index in [0.29, 0.717) is 16.6 Å². The second-order valence-electron chi connectivity index (χ2n) is 7.52. The molecule has 0 amide bonds. The average molecular weight is 403 g/mol. The van der Waals surface area contributed by atoms with Crippen molar-refractivity contribution < 1.29 is 18.9 Å². The van der Waals surface area contributed by atoms with Gasteiger partial charge in [-0.05, 0) is 54.8 Å². The van der Waals surface area contributed by atoms with E-state index >= 15 is 0 Å². The summed E-state index contributed by atoms with van der Waals surface area (Å²) in [6, 6.07) is 14.5. The van der Waals surface area contributed by atoms with Gasteiger partial charge in [0.2, 0.25) is 0 Å². The number of hydrogen-bond acceptors (Lipinski definition) is 5. The normalized spacial score (nSPS) is 18.3. The van der Waals surface area contributed by atoms with E-state index in [9.17, 15) is 9.67 Å². The summed E-state index contributed by atoms with van der Waals surface area (Å²) in [5.74, 6) is -0.528. The Morgan fingerprint density at radius 2 is 1.61 bits per heavy atom. The molecule has 0 spiro atoms. The van der Waals surface area contributed by atoms with Crippen LogP contribution in [0.5, 0.6) is 5.75 Å². The number of nitrogens with zero attached hydrogens (tertiary/aromatic N) is 1. The van der Waals surface area contributed by atoms with Crippen molar-refractivity contribution in [2.24, 2.45) is 0 Å². The van der Waals surface area contributed by atoms with E-state index in [4.69, 9.17) is 9.26 Å². The lowest BCUT2D eigenvalue weighted by Crippen LogP contribution is -2.22. The predicted octanol–water partition coefficient (Wildman–Crippen LogP) is 4.71. The van der Waals surface area contributed by atoms with E-state index in [1.807, 2.05) is 43.3 Å². The zero-order valence-electron chi connectivity index (χ0n) is 16.9. The molecule has 1 aliphatic rings. The highest BCUT2D eigenvalue weighted by atomic mass is 31.2. The highest BCUT2D eigenvalue weighted by Gasteiger charge is 2.39. The van der Waals surface area contributed by atoms with E-state index in [2.05, 4.69) is 0 Å². The van der Waals surface area contributed by atoms with Gasteiger partial charge in [-0.3, -0.25) is 4.57 Å². The maximum atomic E-state index is 14.1. The molecule has 0 bridgehead atoms. The predicted molar refractivity (Wildman–Crippen MR) is 114 cm³/mol. The van der Waals surface area contributed by atoms with Crippen LogP contribution in [0.25, 0.3) is 0 Å². The molecular formula is C22H30NO4P. The molecule has 6 heteroatoms. The Kier molecular flexibility index (Phi) is 6.82. The maximum Gasteiger partial charge on any atom is 0.264 e. The molecule has 0 unspecified atom stereocenters. The molecule has 2 atom stereocenters. The quantitative estimate of drug-likeness (QED) is 0.679. The van der Waals surface area contributed by atoms with E-state index < -0.39 is 13.2 Å². The summed E-state index contributed by atoms with van der Waals surface area (Å²) in [6.07, 6.45) is 5.01. The first-order chi connectivity index (χ1) is 13.4. The minimum absolute atomic E-state index is 0.0824. The molecule has 3 rings (SSSR count). The van der Waals surface area contributed by atoms with Crippen LogP contribution in [-0.2, 0) is 9.09 Å². The summed E-state index contributed by atoms with van der Waals surface area (Å²) in [7, 11) is 1.98. The van der Waals surface area contributed by atoms with Gasteiger partial charge in [-0.1, -0.05) is 31.4 Å². The first kappa shape index (κ1) is 20.9. The first-order valence-corrected chi connectivity index (χ1v) is 11.5. The highest BCUT2D eigenvalue weighted by molar-refractivity contribution is 7.67. The zero-order valence-corrected chi connectivity index (χ0v) is 17.8. The van der Waals surface area contributed by atoms with Gasteiger partial charge in [0, 0.05) is 25.1 Å². The second-order valence-corrected chi connectivity index (χ2v) is 9.93. The van der Waals surface area contributed by atoms with E-state index in [1.54, 1.807) is 31.4 Å². The van der Waals surface area contributed by atoms with Crippen LogP contribution in [0.2, 0.25) is 0 Å². The maximum absolute atomic E-state index is 14.1. The van der Waals surface area contributed by atoms with Crippen LogP contribution in [-0.4, -0.2) is 32.4 Å². The fraction of sp³-hybridized carbons (Fsp3) is 0.455. The summed E-state index contributed by atoms with van der Waals surface area (Å²) in [6.45, 7) is 0. The van der Waals surface area contributed by atoms with Gasteiger partial charge >= 0.3 is 0 Å². The van der Waals surface area contributed by atoms with Crippen LogP contribution in [0.3, 0.4) is 0 Å². The van der Waals surface area contributed by atoms with Crippen LogP contribution >= 0.6 is 7.37 Å². The molecular weight excluding hydrogens is 373 g/mol. The lowest BCUT2D eigenvalue weighted by atomic mass is 9.98. The zero-order chi connectivity index (χ0) is 20.1. The number of hydrogen-bond donors (Lipinski definition) is 1. The smallest absolute Gasteiger partial charge is 0.264 e. The Hall–Kier alpha value is -1.81. The number of aliphatic hydroxyl groups excluding tert-OH is 1. The number of aliphatic hydroxyl groups is 1. The summed E-state index contributed by atoms with van der Waals surface area (Å²) in [5, 5.41) is 11.7. The summed E-state index contributed by atoms with van der Waals surface area (Å²) < 4.78 is 25.5. The molecule has 0 heterocycles. The SMILES string of the molecule is COc1ccc([C@H](O)[P@@](=O)(OC2CCCCC2)c2ccc(N(C)C)cc2)cc1. The lowest BCUT2D eigenvalue weighted by molar-refractivity contribution is 0.137. The summed E-state index contributed by atoms with van der Waals surface area (Å²) in [4.78, 5) is 1.98. The summed E-state index contributed by atoms with van der Waals surface area (Å²) >= 11 is 0. The molecule has 1 aliphatic carbocycles. The molecule has 152 valence electrons. The molecule has 0 aliphatic heterocycles. The molecule has 5 nitrogen and oxygen atoms in total. The monoisotopic (exact) mass is 403 g/mol. The average Bonchev–Trinajstić information content (AvgIpc) is 2.74. The van der Waals surface area contributed by atoms with Gasteiger partial charge in [0.25, 0.3) is 7.37 Å². The molecule has 1 fully saturated rings. The topological polar surface area (TPSA) is 59.0 Å². The third-order valence-electron chi connectivity index (χ3n) is 5.32. The van der Waals surface area contributed by atoms with Crippen LogP contribution in [0.1, 0.15) is 43.5 Å². The number of methoxy groups -OCH3 is 1. The number of benzene rings is 2. The molecule has 0 aromatic heterocycles. The van der Waals surface area contributed by atoms with Gasteiger partial charge in [0.1, 0.15) is 5.75 Å². The minimum atomic E-state index is -3.53. The third-order valence-corrected chi connectivity index (χ3v) is 7.89. The Balaban J connectivity index is 1.95. The van der Waals surface area contributed by atoms with Crippen molar-refractivity contribution in [1.29, 1.82) is 0 Å². The van der Waals surface area contributed by atoms with Gasteiger partial charge in [-0.2, -0.15) is 0 Å². The van der Waals surface area contributed by atoms with Gasteiger partial charge in [0.05, 0.1) is 13.2 Å². The molecule has 28 heavy (non-hydrogen) atoms. The Morgan fingerprint density at radius 1 is 1.00 bits per heavy atom. The van der Waals surface area contributed by atoms with Crippen LogP contribution < -0.4 is 14.9 Å². The Labute approximate surface area is 167 Å². The Bertz CT molecular complexity index is 798. The van der Waals surface area contributed by atoms with Crippen molar-refractivity contribution in [1.82, 2.24) is 0 Å². The molecule has 1 N–H and O–H groups in total. The lowest BCUT2D eigenvalue weighted by Gasteiger charge is -2.31. The fourth-order valence-electron chi connectivity index (χ4n) is 3.58. The largest absolute Gasteiger partial charge is 0.497 e. The van der Waals surface area contributed by atoms with Crippen molar-refractivity contribution in [3.8, 4) is 5.75 Å². The fourth-order valence-corrected chi connectivity index (χ4v) is 5.88. The molecule has 0 saturated heterocycles. The molecule has 2 aromatic carbocycles. The number of ether oxygens (including phenoxy) is 1. The van der Waals surface area contributed by atoms with E-state index in [1.165, 1.54) is 6.42 Å². The van der Waals surface area contributed by atoms with E-state index in [0.717, 1.165) is 31.4 Å². The second kappa shape index (κ2) is 9.13. The Morgan fingerprint density at radius 3 is 2.14 bits per heavy atom.